The van der Waals surface area contributed by atoms with Crippen LogP contribution < -0.4 is 5.32 Å². The SMILES string of the molecule is CC1(C)CCC(NC(=O)N2CCCC(C(=O)O)C2)c2ccccc21. The van der Waals surface area contributed by atoms with Gasteiger partial charge in [0.05, 0.1) is 12.0 Å². The maximum atomic E-state index is 12.6. The Hall–Kier alpha value is -2.04. The van der Waals surface area contributed by atoms with E-state index in [2.05, 4.69) is 31.3 Å². The summed E-state index contributed by atoms with van der Waals surface area (Å²) in [5, 5.41) is 12.3. The normalized spacial score (nSPS) is 25.7. The van der Waals surface area contributed by atoms with Crippen molar-refractivity contribution >= 4 is 12.0 Å². The number of likely N-dealkylation sites (tertiary alicyclic amines) is 1. The van der Waals surface area contributed by atoms with Crippen molar-refractivity contribution < 1.29 is 14.7 Å². The number of rotatable bonds is 2. The third kappa shape index (κ3) is 3.25. The molecule has 3 rings (SSSR count). The number of piperidine rings is 1. The Labute approximate surface area is 143 Å². The quantitative estimate of drug-likeness (QED) is 0.874. The van der Waals surface area contributed by atoms with Gasteiger partial charge in [0.25, 0.3) is 0 Å². The van der Waals surface area contributed by atoms with Crippen molar-refractivity contribution in [1.29, 1.82) is 0 Å². The van der Waals surface area contributed by atoms with Gasteiger partial charge in [-0.1, -0.05) is 38.1 Å². The van der Waals surface area contributed by atoms with Gasteiger partial charge in [0.2, 0.25) is 0 Å². The molecule has 5 heteroatoms. The van der Waals surface area contributed by atoms with E-state index in [0.717, 1.165) is 19.3 Å². The number of carboxylic acids is 1. The summed E-state index contributed by atoms with van der Waals surface area (Å²) in [6.07, 6.45) is 3.33. The first-order valence-corrected chi connectivity index (χ1v) is 8.76. The Morgan fingerprint density at radius 2 is 2.00 bits per heavy atom. The number of carboxylic acid groups (broad SMARTS) is 1. The van der Waals surface area contributed by atoms with Crippen LogP contribution in [0.25, 0.3) is 0 Å². The molecule has 2 aliphatic rings. The van der Waals surface area contributed by atoms with Crippen LogP contribution in [0.1, 0.15) is 56.7 Å². The molecule has 0 saturated carbocycles. The third-order valence-corrected chi connectivity index (χ3v) is 5.48. The van der Waals surface area contributed by atoms with Crippen LogP contribution in [0.4, 0.5) is 4.79 Å². The minimum absolute atomic E-state index is 0.00642. The van der Waals surface area contributed by atoms with Crippen LogP contribution in [0, 0.1) is 5.92 Å². The smallest absolute Gasteiger partial charge is 0.317 e. The monoisotopic (exact) mass is 330 g/mol. The molecule has 1 saturated heterocycles. The van der Waals surface area contributed by atoms with Crippen molar-refractivity contribution in [3.63, 3.8) is 0 Å². The lowest BCUT2D eigenvalue weighted by Crippen LogP contribution is -2.48. The Kier molecular flexibility index (Phi) is 4.52. The maximum Gasteiger partial charge on any atom is 0.317 e. The van der Waals surface area contributed by atoms with Gasteiger partial charge in [-0.2, -0.15) is 0 Å². The standard InChI is InChI=1S/C19H26N2O3/c1-19(2)10-9-16(14-7-3-4-8-15(14)19)20-18(24)21-11-5-6-13(12-21)17(22)23/h3-4,7-8,13,16H,5-6,9-12H2,1-2H3,(H,20,24)(H,22,23). The lowest BCUT2D eigenvalue weighted by molar-refractivity contribution is -0.143. The molecular formula is C19H26N2O3. The van der Waals surface area contributed by atoms with Crippen molar-refractivity contribution in [2.24, 2.45) is 5.92 Å². The minimum Gasteiger partial charge on any atom is -0.481 e. The molecule has 2 unspecified atom stereocenters. The minimum atomic E-state index is -0.808. The molecule has 1 aromatic rings. The van der Waals surface area contributed by atoms with Crippen LogP contribution in [0.3, 0.4) is 0 Å². The number of urea groups is 1. The molecule has 1 aromatic carbocycles. The topological polar surface area (TPSA) is 69.6 Å². The van der Waals surface area contributed by atoms with Crippen LogP contribution in [0.15, 0.2) is 24.3 Å². The molecule has 2 atom stereocenters. The number of fused-ring (bicyclic) bond motifs is 1. The Bertz CT molecular complexity index is 641. The number of benzene rings is 1. The average Bonchev–Trinajstić information content (AvgIpc) is 2.58. The summed E-state index contributed by atoms with van der Waals surface area (Å²) in [7, 11) is 0. The van der Waals surface area contributed by atoms with Gasteiger partial charge >= 0.3 is 12.0 Å². The van der Waals surface area contributed by atoms with Gasteiger partial charge in [-0.05, 0) is 42.2 Å². The van der Waals surface area contributed by atoms with Gasteiger partial charge in [0.15, 0.2) is 0 Å². The highest BCUT2D eigenvalue weighted by Gasteiger charge is 2.34. The van der Waals surface area contributed by atoms with E-state index in [1.165, 1.54) is 11.1 Å². The third-order valence-electron chi connectivity index (χ3n) is 5.48. The summed E-state index contributed by atoms with van der Waals surface area (Å²) in [5.41, 5.74) is 2.61. The van der Waals surface area contributed by atoms with Crippen molar-refractivity contribution in [2.45, 2.75) is 51.0 Å². The fraction of sp³-hybridized carbons (Fsp3) is 0.579. The second kappa shape index (κ2) is 6.46. The number of aliphatic carboxylic acids is 1. The predicted molar refractivity (Wildman–Crippen MR) is 91.9 cm³/mol. The van der Waals surface area contributed by atoms with Crippen molar-refractivity contribution in [3.05, 3.63) is 35.4 Å². The zero-order chi connectivity index (χ0) is 17.3. The number of carbonyl (C=O) groups is 2. The molecule has 0 aromatic heterocycles. The molecular weight excluding hydrogens is 304 g/mol. The molecule has 1 fully saturated rings. The number of nitrogens with zero attached hydrogens (tertiary/aromatic N) is 1. The molecule has 24 heavy (non-hydrogen) atoms. The second-order valence-corrected chi connectivity index (χ2v) is 7.64. The second-order valence-electron chi connectivity index (χ2n) is 7.64. The first kappa shape index (κ1) is 16.8. The Balaban J connectivity index is 1.72. The van der Waals surface area contributed by atoms with Crippen molar-refractivity contribution in [1.82, 2.24) is 10.2 Å². The molecule has 0 spiro atoms. The van der Waals surface area contributed by atoms with E-state index >= 15 is 0 Å². The summed E-state index contributed by atoms with van der Waals surface area (Å²) in [6.45, 7) is 5.43. The highest BCUT2D eigenvalue weighted by molar-refractivity contribution is 5.77. The van der Waals surface area contributed by atoms with Crippen LogP contribution in [-0.4, -0.2) is 35.1 Å². The Morgan fingerprint density at radius 3 is 2.75 bits per heavy atom. The van der Waals surface area contributed by atoms with Crippen molar-refractivity contribution in [3.8, 4) is 0 Å². The zero-order valence-corrected chi connectivity index (χ0v) is 14.4. The lowest BCUT2D eigenvalue weighted by Gasteiger charge is -2.39. The fourth-order valence-electron chi connectivity index (χ4n) is 3.97. The van der Waals surface area contributed by atoms with E-state index < -0.39 is 11.9 Å². The van der Waals surface area contributed by atoms with Crippen LogP contribution in [0.2, 0.25) is 0 Å². The first-order valence-electron chi connectivity index (χ1n) is 8.76. The fourth-order valence-corrected chi connectivity index (χ4v) is 3.97. The molecule has 0 radical (unpaired) electrons. The highest BCUT2D eigenvalue weighted by atomic mass is 16.4. The first-order chi connectivity index (χ1) is 11.4. The summed E-state index contributed by atoms with van der Waals surface area (Å²) in [5.74, 6) is -1.25. The number of amides is 2. The number of hydrogen-bond acceptors (Lipinski definition) is 2. The van der Waals surface area contributed by atoms with Gasteiger partial charge in [0.1, 0.15) is 0 Å². The van der Waals surface area contributed by atoms with E-state index in [9.17, 15) is 14.7 Å². The van der Waals surface area contributed by atoms with Gasteiger partial charge < -0.3 is 15.3 Å². The van der Waals surface area contributed by atoms with E-state index in [1.54, 1.807) is 4.90 Å². The van der Waals surface area contributed by atoms with Crippen LogP contribution in [-0.2, 0) is 10.2 Å². The van der Waals surface area contributed by atoms with Crippen LogP contribution in [0.5, 0.6) is 0 Å². The summed E-state index contributed by atoms with van der Waals surface area (Å²) >= 11 is 0. The van der Waals surface area contributed by atoms with E-state index in [-0.39, 0.29) is 17.5 Å². The molecule has 1 aliphatic heterocycles. The van der Waals surface area contributed by atoms with Gasteiger partial charge in [-0.15, -0.1) is 0 Å². The lowest BCUT2D eigenvalue weighted by atomic mass is 9.71. The van der Waals surface area contributed by atoms with E-state index in [0.29, 0.717) is 19.5 Å². The van der Waals surface area contributed by atoms with Gasteiger partial charge in [0, 0.05) is 13.1 Å². The average molecular weight is 330 g/mol. The predicted octanol–water partition coefficient (Wildman–Crippen LogP) is 3.31. The molecule has 0 bridgehead atoms. The van der Waals surface area contributed by atoms with Gasteiger partial charge in [-0.3, -0.25) is 4.79 Å². The highest BCUT2D eigenvalue weighted by Crippen LogP contribution is 2.41. The largest absolute Gasteiger partial charge is 0.481 e. The van der Waals surface area contributed by atoms with Crippen LogP contribution >= 0.6 is 0 Å². The number of hydrogen-bond donors (Lipinski definition) is 2. The molecule has 130 valence electrons. The molecule has 1 heterocycles. The summed E-state index contributed by atoms with van der Waals surface area (Å²) in [4.78, 5) is 25.5. The molecule has 2 amide bonds. The van der Waals surface area contributed by atoms with E-state index in [4.69, 9.17) is 0 Å². The zero-order valence-electron chi connectivity index (χ0n) is 14.4. The maximum absolute atomic E-state index is 12.6. The van der Waals surface area contributed by atoms with E-state index in [1.807, 2.05) is 12.1 Å². The summed E-state index contributed by atoms with van der Waals surface area (Å²) in [6, 6.07) is 8.17. The number of nitrogens with one attached hydrogen (secondary N) is 1. The summed E-state index contributed by atoms with van der Waals surface area (Å²) < 4.78 is 0. The molecule has 5 nitrogen and oxygen atoms in total. The molecule has 1 aliphatic carbocycles. The van der Waals surface area contributed by atoms with Gasteiger partial charge in [-0.25, -0.2) is 4.79 Å². The van der Waals surface area contributed by atoms with Crippen molar-refractivity contribution in [2.75, 3.05) is 13.1 Å². The molecule has 2 N–H and O–H groups in total. The number of carbonyl (C=O) groups excluding carboxylic acids is 1. The Morgan fingerprint density at radius 1 is 1.25 bits per heavy atom.